The highest BCUT2D eigenvalue weighted by Gasteiger charge is 2.55. The molecule has 3 atom stereocenters. The zero-order chi connectivity index (χ0) is 18.1. The number of hydrogen-bond donors (Lipinski definition) is 3. The summed E-state index contributed by atoms with van der Waals surface area (Å²) in [6.45, 7) is 2.59. The first-order chi connectivity index (χ1) is 11.3. The Bertz CT molecular complexity index is 728. The number of aliphatic hydroxyl groups excluding tert-OH is 2. The summed E-state index contributed by atoms with van der Waals surface area (Å²) in [6.07, 6.45) is -0.124. The summed E-state index contributed by atoms with van der Waals surface area (Å²) in [6, 6.07) is -0.751. The molecular formula is C14H21N3O7. The highest BCUT2D eigenvalue weighted by Crippen LogP contribution is 2.36. The molecule has 1 aromatic heterocycles. The van der Waals surface area contributed by atoms with Crippen LogP contribution in [0.5, 0.6) is 0 Å². The van der Waals surface area contributed by atoms with Gasteiger partial charge in [0.15, 0.2) is 0 Å². The molecule has 3 N–H and O–H groups in total. The Balaban J connectivity index is 2.59. The van der Waals surface area contributed by atoms with Gasteiger partial charge in [0.1, 0.15) is 0 Å². The summed E-state index contributed by atoms with van der Waals surface area (Å²) >= 11 is 0. The molecule has 0 aromatic carbocycles. The maximum Gasteiger partial charge on any atom is 0.362 e. The van der Waals surface area contributed by atoms with Crippen LogP contribution in [0.15, 0.2) is 15.8 Å². The molecule has 2 rings (SSSR count). The highest BCUT2D eigenvalue weighted by atomic mass is 16.7. The van der Waals surface area contributed by atoms with E-state index in [4.69, 9.17) is 14.7 Å². The van der Waals surface area contributed by atoms with Gasteiger partial charge in [0.25, 0.3) is 11.3 Å². The van der Waals surface area contributed by atoms with Crippen LogP contribution in [0.3, 0.4) is 0 Å². The fourth-order valence-electron chi connectivity index (χ4n) is 2.70. The number of aliphatic hydroxyl groups is 2. The number of nitrogens with zero attached hydrogens (tertiary/aromatic N) is 2. The third-order valence-electron chi connectivity index (χ3n) is 3.98. The smallest absolute Gasteiger partial charge is 0.362 e. The van der Waals surface area contributed by atoms with Crippen LogP contribution < -0.4 is 11.2 Å². The van der Waals surface area contributed by atoms with Crippen molar-refractivity contribution in [3.63, 3.8) is 0 Å². The normalized spacial score (nSPS) is 25.6. The van der Waals surface area contributed by atoms with Crippen molar-refractivity contribution in [2.45, 2.75) is 38.1 Å². The van der Waals surface area contributed by atoms with Crippen molar-refractivity contribution >= 4 is 5.97 Å². The summed E-state index contributed by atoms with van der Waals surface area (Å²) in [7, 11) is 1.47. The number of esters is 1. The van der Waals surface area contributed by atoms with Crippen LogP contribution in [0, 0.1) is 6.92 Å². The van der Waals surface area contributed by atoms with Gasteiger partial charge in [-0.3, -0.25) is 19.2 Å². The van der Waals surface area contributed by atoms with Crippen molar-refractivity contribution in [2.75, 3.05) is 20.3 Å². The second kappa shape index (κ2) is 6.85. The lowest BCUT2D eigenvalue weighted by Crippen LogP contribution is -2.51. The summed E-state index contributed by atoms with van der Waals surface area (Å²) < 4.78 is 5.98. The van der Waals surface area contributed by atoms with Gasteiger partial charge < -0.3 is 14.9 Å². The first kappa shape index (κ1) is 18.3. The minimum atomic E-state index is -1.88. The molecule has 0 saturated carbocycles. The van der Waals surface area contributed by atoms with Crippen LogP contribution in [0.2, 0.25) is 0 Å². The third kappa shape index (κ3) is 3.00. The molecule has 0 bridgehead atoms. The number of likely N-dealkylation sites (N-methyl/N-ethyl adjacent to an activating group) is 1. The topological polar surface area (TPSA) is 134 Å². The fourth-order valence-corrected chi connectivity index (χ4v) is 2.70. The second-order valence-electron chi connectivity index (χ2n) is 5.61. The van der Waals surface area contributed by atoms with Crippen LogP contribution in [-0.4, -0.2) is 63.2 Å². The quantitative estimate of drug-likeness (QED) is 0.525. The van der Waals surface area contributed by atoms with Gasteiger partial charge in [0.05, 0.1) is 25.4 Å². The van der Waals surface area contributed by atoms with Crippen LogP contribution in [-0.2, 0) is 20.1 Å². The van der Waals surface area contributed by atoms with E-state index in [9.17, 15) is 19.5 Å². The van der Waals surface area contributed by atoms with E-state index in [1.54, 1.807) is 6.92 Å². The lowest BCUT2D eigenvalue weighted by Gasteiger charge is -2.27. The molecule has 0 amide bonds. The minimum Gasteiger partial charge on any atom is -0.462 e. The molecule has 0 spiro atoms. The number of carbonyl (C=O) groups is 1. The summed E-state index contributed by atoms with van der Waals surface area (Å²) in [5.74, 6) is -0.835. The molecule has 24 heavy (non-hydrogen) atoms. The molecule has 134 valence electrons. The third-order valence-corrected chi connectivity index (χ3v) is 3.98. The van der Waals surface area contributed by atoms with Crippen LogP contribution in [0.25, 0.3) is 0 Å². The number of ether oxygens (including phenoxy) is 1. The predicted octanol–water partition coefficient (Wildman–Crippen LogP) is -1.95. The average Bonchev–Trinajstić information content (AvgIpc) is 2.89. The van der Waals surface area contributed by atoms with E-state index >= 15 is 0 Å². The van der Waals surface area contributed by atoms with E-state index in [0.29, 0.717) is 0 Å². The Morgan fingerprint density at radius 1 is 1.58 bits per heavy atom. The van der Waals surface area contributed by atoms with Gasteiger partial charge in [0.2, 0.25) is 0 Å². The van der Waals surface area contributed by atoms with Crippen molar-refractivity contribution in [3.8, 4) is 0 Å². The van der Waals surface area contributed by atoms with Crippen molar-refractivity contribution < 1.29 is 24.6 Å². The number of aryl methyl sites for hydroxylation is 1. The van der Waals surface area contributed by atoms with Crippen molar-refractivity contribution in [1.29, 1.82) is 0 Å². The number of carbonyl (C=O) groups excluding carboxylic acids is 1. The number of nitrogens with one attached hydrogen (secondary N) is 1. The Labute approximate surface area is 137 Å². The maximum atomic E-state index is 12.5. The van der Waals surface area contributed by atoms with E-state index in [0.717, 1.165) is 4.57 Å². The Morgan fingerprint density at radius 2 is 2.25 bits per heavy atom. The monoisotopic (exact) mass is 343 g/mol. The number of aromatic amines is 1. The summed E-state index contributed by atoms with van der Waals surface area (Å²) in [4.78, 5) is 44.1. The minimum absolute atomic E-state index is 0.0535. The van der Waals surface area contributed by atoms with Crippen LogP contribution >= 0.6 is 0 Å². The number of hydrogen-bond acceptors (Lipinski definition) is 8. The lowest BCUT2D eigenvalue weighted by molar-refractivity contribution is -0.241. The fraction of sp³-hybridized carbons (Fsp3) is 0.643. The van der Waals surface area contributed by atoms with E-state index in [1.165, 1.54) is 25.2 Å². The van der Waals surface area contributed by atoms with Gasteiger partial charge >= 0.3 is 11.7 Å². The Morgan fingerprint density at radius 3 is 2.83 bits per heavy atom. The Hall–Kier alpha value is -2.01. The average molecular weight is 343 g/mol. The molecular weight excluding hydrogens is 322 g/mol. The number of rotatable bonds is 5. The number of H-pyrrole nitrogens is 1. The molecule has 0 unspecified atom stereocenters. The molecule has 1 aliphatic heterocycles. The van der Waals surface area contributed by atoms with Crippen LogP contribution in [0.4, 0.5) is 0 Å². The molecule has 1 aromatic rings. The zero-order valence-corrected chi connectivity index (χ0v) is 13.7. The van der Waals surface area contributed by atoms with E-state index in [1.807, 2.05) is 0 Å². The largest absolute Gasteiger partial charge is 0.462 e. The standard InChI is InChI=1S/C14H21N3O7/c1-4-23-12(21)14(5-9(10(19)7-18)16(3)24-14)17-6-8(2)11(20)15-13(17)22/h6,9-10,18-19H,4-5,7H2,1-3H3,(H,15,20,22)/t9-,10-,14-/m1/s1. The van der Waals surface area contributed by atoms with Gasteiger partial charge in [-0.2, -0.15) is 5.06 Å². The van der Waals surface area contributed by atoms with Gasteiger partial charge in [-0.25, -0.2) is 9.59 Å². The first-order valence-electron chi connectivity index (χ1n) is 7.48. The molecule has 10 heteroatoms. The predicted molar refractivity (Wildman–Crippen MR) is 81.0 cm³/mol. The second-order valence-corrected chi connectivity index (χ2v) is 5.61. The lowest BCUT2D eigenvalue weighted by atomic mass is 10.0. The molecule has 0 radical (unpaired) electrons. The molecule has 1 saturated heterocycles. The number of hydroxylamine groups is 2. The van der Waals surface area contributed by atoms with E-state index in [2.05, 4.69) is 4.98 Å². The van der Waals surface area contributed by atoms with Gasteiger partial charge in [-0.05, 0) is 13.8 Å². The van der Waals surface area contributed by atoms with Gasteiger partial charge in [-0.15, -0.1) is 0 Å². The molecule has 0 aliphatic carbocycles. The van der Waals surface area contributed by atoms with Gasteiger partial charge in [-0.1, -0.05) is 0 Å². The van der Waals surface area contributed by atoms with E-state index in [-0.39, 0.29) is 18.6 Å². The maximum absolute atomic E-state index is 12.5. The number of aromatic nitrogens is 2. The zero-order valence-electron chi connectivity index (χ0n) is 13.7. The molecule has 1 aliphatic rings. The first-order valence-corrected chi connectivity index (χ1v) is 7.48. The van der Waals surface area contributed by atoms with Crippen molar-refractivity contribution in [3.05, 3.63) is 32.6 Å². The highest BCUT2D eigenvalue weighted by molar-refractivity contribution is 5.77. The molecule has 10 nitrogen and oxygen atoms in total. The van der Waals surface area contributed by atoms with Crippen molar-refractivity contribution in [2.24, 2.45) is 0 Å². The SMILES string of the molecule is CCOC(=O)[C@@]1(n2cc(C)c(=O)[nH]c2=O)C[C@H]([C@H](O)CO)N(C)O1. The van der Waals surface area contributed by atoms with Crippen molar-refractivity contribution in [1.82, 2.24) is 14.6 Å². The summed E-state index contributed by atoms with van der Waals surface area (Å²) in [5.41, 5.74) is -3.09. The van der Waals surface area contributed by atoms with Crippen LogP contribution in [0.1, 0.15) is 18.9 Å². The molecule has 1 fully saturated rings. The summed E-state index contributed by atoms with van der Waals surface area (Å²) in [5, 5.41) is 20.3. The molecule has 2 heterocycles. The van der Waals surface area contributed by atoms with Gasteiger partial charge in [0, 0.05) is 25.2 Å². The van der Waals surface area contributed by atoms with E-state index < -0.39 is 41.7 Å². The Kier molecular flexibility index (Phi) is 5.23.